The maximum Gasteiger partial charge on any atom is 0.269 e. The van der Waals surface area contributed by atoms with Gasteiger partial charge >= 0.3 is 0 Å². The number of thiocarbonyl (C=S) groups is 1. The maximum atomic E-state index is 10.6. The number of nitrogens with one attached hydrogen (secondary N) is 2. The van der Waals surface area contributed by atoms with Crippen molar-refractivity contribution >= 4 is 46.3 Å². The molecule has 26 heavy (non-hydrogen) atoms. The van der Waals surface area contributed by atoms with Gasteiger partial charge in [0, 0.05) is 22.8 Å². The normalized spacial score (nSPS) is 10.3. The Labute approximate surface area is 159 Å². The summed E-state index contributed by atoms with van der Waals surface area (Å²) in [7, 11) is 0. The number of halogens is 1. The number of non-ortho nitro benzene ring substituents is 1. The molecule has 3 aromatic rings. The van der Waals surface area contributed by atoms with Gasteiger partial charge in [0.25, 0.3) is 5.69 Å². The molecule has 2 aromatic carbocycles. The van der Waals surface area contributed by atoms with E-state index >= 15 is 0 Å². The molecule has 0 aliphatic rings. The summed E-state index contributed by atoms with van der Waals surface area (Å²) in [5.74, 6) is 0.346. The van der Waals surface area contributed by atoms with Gasteiger partial charge in [-0.15, -0.1) is 5.10 Å². The lowest BCUT2D eigenvalue weighted by Crippen LogP contribution is -2.20. The molecule has 0 aliphatic carbocycles. The van der Waals surface area contributed by atoms with Crippen LogP contribution in [0.5, 0.6) is 0 Å². The number of nitro benzene ring substituents is 1. The first-order valence-electron chi connectivity index (χ1n) is 7.46. The number of nitrogens with zero attached hydrogens (tertiary/aromatic N) is 4. The van der Waals surface area contributed by atoms with E-state index in [-0.39, 0.29) is 10.8 Å². The molecule has 0 unspecified atom stereocenters. The number of nitro groups is 1. The molecule has 10 heteroatoms. The molecule has 0 spiro atoms. The Bertz CT molecular complexity index is 927. The van der Waals surface area contributed by atoms with Crippen LogP contribution in [-0.4, -0.2) is 24.8 Å². The van der Waals surface area contributed by atoms with E-state index < -0.39 is 4.92 Å². The number of benzene rings is 2. The van der Waals surface area contributed by atoms with E-state index in [9.17, 15) is 10.1 Å². The average Bonchev–Trinajstić information content (AvgIpc) is 3.04. The van der Waals surface area contributed by atoms with E-state index in [1.807, 2.05) is 24.3 Å². The molecular formula is C16H13ClN6O2S. The van der Waals surface area contributed by atoms with Crippen molar-refractivity contribution in [3.05, 3.63) is 75.6 Å². The van der Waals surface area contributed by atoms with Crippen LogP contribution in [0.3, 0.4) is 0 Å². The second-order valence-electron chi connectivity index (χ2n) is 5.28. The number of anilines is 2. The predicted octanol–water partition coefficient (Wildman–Crippen LogP) is 3.70. The van der Waals surface area contributed by atoms with E-state index in [2.05, 4.69) is 20.7 Å². The lowest BCUT2D eigenvalue weighted by Gasteiger charge is -2.07. The van der Waals surface area contributed by atoms with Gasteiger partial charge in [0.05, 0.1) is 11.5 Å². The predicted molar refractivity (Wildman–Crippen MR) is 104 cm³/mol. The molecule has 0 aliphatic heterocycles. The monoisotopic (exact) mass is 388 g/mol. The number of aromatic nitrogens is 3. The molecule has 2 N–H and O–H groups in total. The van der Waals surface area contributed by atoms with Crippen LogP contribution >= 0.6 is 23.8 Å². The summed E-state index contributed by atoms with van der Waals surface area (Å²) in [6.07, 6.45) is 1.59. The Morgan fingerprint density at radius 2 is 1.85 bits per heavy atom. The van der Waals surface area contributed by atoms with Gasteiger partial charge < -0.3 is 5.32 Å². The summed E-state index contributed by atoms with van der Waals surface area (Å²) in [5.41, 5.74) is 1.67. The fourth-order valence-electron chi connectivity index (χ4n) is 2.14. The topological polar surface area (TPSA) is 97.9 Å². The number of hydrogen-bond donors (Lipinski definition) is 2. The number of rotatable bonds is 5. The molecule has 0 saturated heterocycles. The summed E-state index contributed by atoms with van der Waals surface area (Å²) in [5, 5.41) is 21.7. The number of hydrogen-bond acceptors (Lipinski definition) is 5. The lowest BCUT2D eigenvalue weighted by molar-refractivity contribution is -0.384. The van der Waals surface area contributed by atoms with Gasteiger partial charge in [-0.25, -0.2) is 9.67 Å². The van der Waals surface area contributed by atoms with Crippen LogP contribution in [0.15, 0.2) is 54.9 Å². The van der Waals surface area contributed by atoms with E-state index in [4.69, 9.17) is 23.8 Å². The second kappa shape index (κ2) is 7.89. The maximum absolute atomic E-state index is 10.6. The largest absolute Gasteiger partial charge is 0.332 e. The van der Waals surface area contributed by atoms with Gasteiger partial charge in [-0.1, -0.05) is 23.7 Å². The first-order chi connectivity index (χ1) is 12.5. The third-order valence-electron chi connectivity index (χ3n) is 3.36. The van der Waals surface area contributed by atoms with E-state index in [1.54, 1.807) is 23.1 Å². The first-order valence-corrected chi connectivity index (χ1v) is 8.24. The average molecular weight is 389 g/mol. The van der Waals surface area contributed by atoms with Crippen molar-refractivity contribution in [1.82, 2.24) is 14.8 Å². The quantitative estimate of drug-likeness (QED) is 0.390. The van der Waals surface area contributed by atoms with Crippen LogP contribution in [0.25, 0.3) is 0 Å². The van der Waals surface area contributed by atoms with Crippen molar-refractivity contribution in [2.75, 3.05) is 10.6 Å². The molecular weight excluding hydrogens is 376 g/mol. The van der Waals surface area contributed by atoms with Crippen molar-refractivity contribution < 1.29 is 4.92 Å². The van der Waals surface area contributed by atoms with Crippen LogP contribution in [0, 0.1) is 10.1 Å². The summed E-state index contributed by atoms with van der Waals surface area (Å²) in [6, 6.07) is 13.4. The molecule has 0 amide bonds. The van der Waals surface area contributed by atoms with Crippen LogP contribution < -0.4 is 10.6 Å². The highest BCUT2D eigenvalue weighted by atomic mass is 35.5. The highest BCUT2D eigenvalue weighted by Crippen LogP contribution is 2.15. The van der Waals surface area contributed by atoms with Crippen molar-refractivity contribution in [1.29, 1.82) is 0 Å². The van der Waals surface area contributed by atoms with Gasteiger partial charge in [0.15, 0.2) is 5.11 Å². The summed E-state index contributed by atoms with van der Waals surface area (Å²) < 4.78 is 1.67. The zero-order valence-corrected chi connectivity index (χ0v) is 14.9. The fraction of sp³-hybridized carbons (Fsp3) is 0.0625. The molecule has 0 atom stereocenters. The third-order valence-corrected chi connectivity index (χ3v) is 3.81. The summed E-state index contributed by atoms with van der Waals surface area (Å²) in [4.78, 5) is 14.3. The van der Waals surface area contributed by atoms with E-state index in [1.165, 1.54) is 12.1 Å². The van der Waals surface area contributed by atoms with E-state index in [0.29, 0.717) is 23.2 Å². The third kappa shape index (κ3) is 4.74. The van der Waals surface area contributed by atoms with Gasteiger partial charge in [-0.05, 0) is 42.0 Å². The molecule has 132 valence electrons. The SMILES string of the molecule is O=[N+]([O-])c1ccc(NC(=S)Nc2ncn(Cc3ccc(Cl)cc3)n2)cc1. The van der Waals surface area contributed by atoms with Crippen LogP contribution in [0.4, 0.5) is 17.3 Å². The van der Waals surface area contributed by atoms with Crippen LogP contribution in [0.2, 0.25) is 5.02 Å². The smallest absolute Gasteiger partial charge is 0.269 e. The molecule has 1 aromatic heterocycles. The molecule has 8 nitrogen and oxygen atoms in total. The van der Waals surface area contributed by atoms with Gasteiger partial charge in [0.2, 0.25) is 5.95 Å². The fourth-order valence-corrected chi connectivity index (χ4v) is 2.47. The summed E-state index contributed by atoms with van der Waals surface area (Å²) >= 11 is 11.1. The Morgan fingerprint density at radius 3 is 2.50 bits per heavy atom. The van der Waals surface area contributed by atoms with Crippen LogP contribution in [-0.2, 0) is 6.54 Å². The van der Waals surface area contributed by atoms with Crippen molar-refractivity contribution in [3.63, 3.8) is 0 Å². The minimum absolute atomic E-state index is 0.0111. The molecule has 0 saturated carbocycles. The second-order valence-corrected chi connectivity index (χ2v) is 6.12. The highest BCUT2D eigenvalue weighted by molar-refractivity contribution is 7.80. The highest BCUT2D eigenvalue weighted by Gasteiger charge is 2.07. The van der Waals surface area contributed by atoms with Gasteiger partial charge in [-0.3, -0.25) is 15.4 Å². The molecule has 0 bridgehead atoms. The van der Waals surface area contributed by atoms with Crippen LogP contribution in [0.1, 0.15) is 5.56 Å². The Balaban J connectivity index is 1.57. The molecule has 0 fully saturated rings. The summed E-state index contributed by atoms with van der Waals surface area (Å²) in [6.45, 7) is 0.550. The van der Waals surface area contributed by atoms with Gasteiger partial charge in [0.1, 0.15) is 6.33 Å². The van der Waals surface area contributed by atoms with E-state index in [0.717, 1.165) is 5.56 Å². The zero-order valence-electron chi connectivity index (χ0n) is 13.3. The first kappa shape index (κ1) is 17.8. The minimum atomic E-state index is -0.461. The zero-order chi connectivity index (χ0) is 18.5. The molecule has 3 rings (SSSR count). The van der Waals surface area contributed by atoms with Crippen molar-refractivity contribution in [2.24, 2.45) is 0 Å². The van der Waals surface area contributed by atoms with Crippen molar-refractivity contribution in [2.45, 2.75) is 6.54 Å². The minimum Gasteiger partial charge on any atom is -0.332 e. The molecule has 0 radical (unpaired) electrons. The Hall–Kier alpha value is -3.04. The Kier molecular flexibility index (Phi) is 5.40. The van der Waals surface area contributed by atoms with Crippen molar-refractivity contribution in [3.8, 4) is 0 Å². The lowest BCUT2D eigenvalue weighted by atomic mass is 10.2. The standard InChI is InChI=1S/C16H13ClN6O2S/c17-12-3-1-11(2-4-12)9-22-10-18-15(21-22)20-16(26)19-13-5-7-14(8-6-13)23(24)25/h1-8,10H,9H2,(H2,19,20,21,26). The van der Waals surface area contributed by atoms with Gasteiger partial charge in [-0.2, -0.15) is 0 Å². The Morgan fingerprint density at radius 1 is 1.15 bits per heavy atom. The molecule has 1 heterocycles.